The molecule has 3 N–H and O–H groups in total. The maximum absolute atomic E-state index is 12.5. The van der Waals surface area contributed by atoms with Crippen LogP contribution in [-0.4, -0.2) is 67.3 Å². The van der Waals surface area contributed by atoms with Crippen LogP contribution in [0, 0.1) is 0 Å². The molecule has 182 valence electrons. The first-order chi connectivity index (χ1) is 16.3. The monoisotopic (exact) mass is 467 g/mol. The van der Waals surface area contributed by atoms with Crippen LogP contribution in [0.2, 0.25) is 0 Å². The van der Waals surface area contributed by atoms with Gasteiger partial charge in [0.2, 0.25) is 5.91 Å². The van der Waals surface area contributed by atoms with Crippen LogP contribution < -0.4 is 10.6 Å². The number of ether oxygens (including phenoxy) is 1. The van der Waals surface area contributed by atoms with Crippen molar-refractivity contribution in [1.29, 1.82) is 0 Å². The molecule has 0 fully saturated rings. The molecule has 1 unspecified atom stereocenters. The molecule has 0 saturated heterocycles. The molecular weight excluding hydrogens is 434 g/mol. The first kappa shape index (κ1) is 25.2. The molecule has 2 aromatic rings. The van der Waals surface area contributed by atoms with E-state index in [1.807, 2.05) is 50.2 Å². The Labute approximate surface area is 200 Å². The summed E-state index contributed by atoms with van der Waals surface area (Å²) in [4.78, 5) is 38.2. The van der Waals surface area contributed by atoms with Gasteiger partial charge < -0.3 is 25.4 Å². The minimum Gasteiger partial charge on any atom is -0.480 e. The van der Waals surface area contributed by atoms with E-state index in [1.54, 1.807) is 0 Å². The molecule has 0 aliphatic heterocycles. The third-order valence-corrected chi connectivity index (χ3v) is 6.09. The van der Waals surface area contributed by atoms with Gasteiger partial charge in [-0.15, -0.1) is 0 Å². The highest BCUT2D eigenvalue weighted by Gasteiger charge is 2.29. The number of carboxylic acid groups (broad SMARTS) is 1. The van der Waals surface area contributed by atoms with Gasteiger partial charge in [-0.1, -0.05) is 55.5 Å². The zero-order valence-corrected chi connectivity index (χ0v) is 19.9. The first-order valence-corrected chi connectivity index (χ1v) is 11.6. The fraction of sp³-hybridized carbons (Fsp3) is 0.423. The molecule has 0 heterocycles. The first-order valence-electron chi connectivity index (χ1n) is 11.6. The number of benzene rings is 2. The van der Waals surface area contributed by atoms with E-state index in [0.29, 0.717) is 19.4 Å². The third-order valence-electron chi connectivity index (χ3n) is 6.09. The van der Waals surface area contributed by atoms with Gasteiger partial charge in [0.1, 0.15) is 12.6 Å². The number of alkyl carbamates (subject to hydrolysis) is 1. The van der Waals surface area contributed by atoms with Gasteiger partial charge in [0, 0.05) is 24.9 Å². The highest BCUT2D eigenvalue weighted by atomic mass is 16.5. The number of carbonyl (C=O) groups is 3. The maximum atomic E-state index is 12.5. The highest BCUT2D eigenvalue weighted by Crippen LogP contribution is 2.44. The van der Waals surface area contributed by atoms with E-state index >= 15 is 0 Å². The van der Waals surface area contributed by atoms with E-state index in [1.165, 1.54) is 0 Å². The number of nitrogens with zero attached hydrogens (tertiary/aromatic N) is 1. The van der Waals surface area contributed by atoms with E-state index in [9.17, 15) is 19.5 Å². The average Bonchev–Trinajstić information content (AvgIpc) is 3.13. The molecule has 0 aromatic heterocycles. The Morgan fingerprint density at radius 1 is 1.00 bits per heavy atom. The fourth-order valence-corrected chi connectivity index (χ4v) is 4.23. The van der Waals surface area contributed by atoms with Crippen molar-refractivity contribution >= 4 is 18.0 Å². The van der Waals surface area contributed by atoms with Crippen LogP contribution in [0.25, 0.3) is 11.1 Å². The second-order valence-electron chi connectivity index (χ2n) is 8.83. The molecule has 0 spiro atoms. The minimum atomic E-state index is -1.08. The quantitative estimate of drug-likeness (QED) is 0.468. The SMILES string of the molecule is CC[C@H](CC(=O)NC(CCN(C)C)C(=O)O)NC(=O)OCC1c2ccccc2-c2ccccc21. The Kier molecular flexibility index (Phi) is 8.65. The minimum absolute atomic E-state index is 0.0214. The standard InChI is InChI=1S/C26H33N3O5/c1-4-17(15-24(30)28-23(25(31)32)13-14-29(2)3)27-26(33)34-16-22-20-11-7-5-9-18(20)19-10-6-8-12-21(19)22/h5-12,17,22-23H,4,13-16H2,1-3H3,(H,27,33)(H,28,30)(H,31,32)/t17-,23?/m1/s1. The van der Waals surface area contributed by atoms with Crippen LogP contribution in [-0.2, 0) is 14.3 Å². The van der Waals surface area contributed by atoms with E-state index in [2.05, 4.69) is 34.9 Å². The van der Waals surface area contributed by atoms with Crippen molar-refractivity contribution in [3.63, 3.8) is 0 Å². The summed E-state index contributed by atoms with van der Waals surface area (Å²) >= 11 is 0. The van der Waals surface area contributed by atoms with Crippen molar-refractivity contribution < 1.29 is 24.2 Å². The third kappa shape index (κ3) is 6.35. The molecule has 0 bridgehead atoms. The summed E-state index contributed by atoms with van der Waals surface area (Å²) < 4.78 is 5.56. The van der Waals surface area contributed by atoms with Gasteiger partial charge in [0.15, 0.2) is 0 Å². The van der Waals surface area contributed by atoms with Crippen molar-refractivity contribution in [3.8, 4) is 11.1 Å². The lowest BCUT2D eigenvalue weighted by atomic mass is 9.98. The second kappa shape index (κ2) is 11.7. The van der Waals surface area contributed by atoms with Gasteiger partial charge in [0.25, 0.3) is 0 Å². The number of amides is 2. The number of aliphatic carboxylic acids is 1. The summed E-state index contributed by atoms with van der Waals surface area (Å²) in [5.41, 5.74) is 4.55. The van der Waals surface area contributed by atoms with Crippen LogP contribution >= 0.6 is 0 Å². The Bertz CT molecular complexity index is 978. The van der Waals surface area contributed by atoms with E-state index < -0.39 is 30.1 Å². The van der Waals surface area contributed by atoms with Gasteiger partial charge in [0.05, 0.1) is 0 Å². The zero-order valence-electron chi connectivity index (χ0n) is 19.9. The predicted molar refractivity (Wildman–Crippen MR) is 130 cm³/mol. The topological polar surface area (TPSA) is 108 Å². The zero-order chi connectivity index (χ0) is 24.7. The Morgan fingerprint density at radius 3 is 2.12 bits per heavy atom. The number of carboxylic acids is 1. The Morgan fingerprint density at radius 2 is 1.59 bits per heavy atom. The summed E-state index contributed by atoms with van der Waals surface area (Å²) in [7, 11) is 3.68. The number of nitrogens with one attached hydrogen (secondary N) is 2. The molecule has 1 aliphatic carbocycles. The summed E-state index contributed by atoms with van der Waals surface area (Å²) in [5, 5.41) is 14.7. The van der Waals surface area contributed by atoms with Crippen LogP contribution in [0.3, 0.4) is 0 Å². The lowest BCUT2D eigenvalue weighted by Gasteiger charge is -2.21. The number of rotatable bonds is 11. The van der Waals surface area contributed by atoms with E-state index in [-0.39, 0.29) is 18.9 Å². The molecule has 1 aliphatic rings. The number of hydrogen-bond donors (Lipinski definition) is 3. The molecule has 3 rings (SSSR count). The van der Waals surface area contributed by atoms with Crippen molar-refractivity contribution in [3.05, 3.63) is 59.7 Å². The molecule has 0 saturated carbocycles. The van der Waals surface area contributed by atoms with Crippen molar-refractivity contribution in [1.82, 2.24) is 15.5 Å². The predicted octanol–water partition coefficient (Wildman–Crippen LogP) is 3.21. The van der Waals surface area contributed by atoms with Crippen molar-refractivity contribution in [2.75, 3.05) is 27.2 Å². The molecule has 8 nitrogen and oxygen atoms in total. The smallest absolute Gasteiger partial charge is 0.407 e. The molecule has 2 aromatic carbocycles. The molecular formula is C26H33N3O5. The second-order valence-corrected chi connectivity index (χ2v) is 8.83. The van der Waals surface area contributed by atoms with Gasteiger partial charge in [-0.05, 0) is 49.2 Å². The lowest BCUT2D eigenvalue weighted by molar-refractivity contribution is -0.142. The molecule has 34 heavy (non-hydrogen) atoms. The van der Waals surface area contributed by atoms with Gasteiger partial charge >= 0.3 is 12.1 Å². The van der Waals surface area contributed by atoms with Crippen LogP contribution in [0.5, 0.6) is 0 Å². The van der Waals surface area contributed by atoms with Crippen LogP contribution in [0.15, 0.2) is 48.5 Å². The molecule has 0 radical (unpaired) electrons. The Hall–Kier alpha value is -3.39. The highest BCUT2D eigenvalue weighted by molar-refractivity contribution is 5.84. The van der Waals surface area contributed by atoms with Crippen molar-refractivity contribution in [2.45, 2.75) is 44.2 Å². The number of carbonyl (C=O) groups excluding carboxylic acids is 2. The van der Waals surface area contributed by atoms with Crippen LogP contribution in [0.1, 0.15) is 43.2 Å². The van der Waals surface area contributed by atoms with Gasteiger partial charge in [-0.3, -0.25) is 4.79 Å². The lowest BCUT2D eigenvalue weighted by Crippen LogP contribution is -2.45. The molecule has 2 atom stereocenters. The van der Waals surface area contributed by atoms with E-state index in [0.717, 1.165) is 22.3 Å². The summed E-state index contributed by atoms with van der Waals surface area (Å²) in [5.74, 6) is -1.54. The normalized spacial score (nSPS) is 14.1. The maximum Gasteiger partial charge on any atom is 0.407 e. The summed E-state index contributed by atoms with van der Waals surface area (Å²) in [6, 6.07) is 14.8. The van der Waals surface area contributed by atoms with Crippen molar-refractivity contribution in [2.24, 2.45) is 0 Å². The van der Waals surface area contributed by atoms with Gasteiger partial charge in [-0.2, -0.15) is 0 Å². The largest absolute Gasteiger partial charge is 0.480 e. The van der Waals surface area contributed by atoms with Crippen LogP contribution in [0.4, 0.5) is 4.79 Å². The number of fused-ring (bicyclic) bond motifs is 3. The van der Waals surface area contributed by atoms with E-state index in [4.69, 9.17) is 4.74 Å². The summed E-state index contributed by atoms with van der Waals surface area (Å²) in [6.45, 7) is 2.57. The number of hydrogen-bond acceptors (Lipinski definition) is 5. The summed E-state index contributed by atoms with van der Waals surface area (Å²) in [6.07, 6.45) is 0.188. The fourth-order valence-electron chi connectivity index (χ4n) is 4.23. The average molecular weight is 468 g/mol. The van der Waals surface area contributed by atoms with Gasteiger partial charge in [-0.25, -0.2) is 9.59 Å². The Balaban J connectivity index is 1.54. The molecule has 2 amide bonds. The molecule has 8 heteroatoms.